The van der Waals surface area contributed by atoms with E-state index in [9.17, 15) is 4.79 Å². The molecule has 0 aromatic heterocycles. The van der Waals surface area contributed by atoms with Gasteiger partial charge < -0.3 is 9.47 Å². The van der Waals surface area contributed by atoms with Crippen molar-refractivity contribution >= 4 is 17.9 Å². The number of rotatable bonds is 5. The summed E-state index contributed by atoms with van der Waals surface area (Å²) in [4.78, 5) is 14.1. The molecule has 1 saturated heterocycles. The van der Waals surface area contributed by atoms with Crippen LogP contribution >= 0.6 is 11.8 Å². The Labute approximate surface area is 137 Å². The molecule has 2 rings (SSSR count). The van der Waals surface area contributed by atoms with Gasteiger partial charge in [0.15, 0.2) is 0 Å². The van der Waals surface area contributed by atoms with Crippen molar-refractivity contribution in [2.45, 2.75) is 51.0 Å². The van der Waals surface area contributed by atoms with Gasteiger partial charge in [-0.25, -0.2) is 4.79 Å². The molecule has 1 aliphatic heterocycles. The van der Waals surface area contributed by atoms with Gasteiger partial charge in [0.2, 0.25) is 0 Å². The van der Waals surface area contributed by atoms with E-state index in [2.05, 4.69) is 27.7 Å². The van der Waals surface area contributed by atoms with Gasteiger partial charge in [0.25, 0.3) is 0 Å². The van der Waals surface area contributed by atoms with Crippen LogP contribution in [0.2, 0.25) is 0 Å². The van der Waals surface area contributed by atoms with Crippen molar-refractivity contribution in [3.05, 3.63) is 29.8 Å². The first-order valence-electron chi connectivity index (χ1n) is 7.61. The summed E-state index contributed by atoms with van der Waals surface area (Å²) < 4.78 is 10.9. The molecule has 0 bridgehead atoms. The van der Waals surface area contributed by atoms with Gasteiger partial charge in [0.1, 0.15) is 11.9 Å². The highest BCUT2D eigenvalue weighted by molar-refractivity contribution is 8.00. The van der Waals surface area contributed by atoms with Crippen molar-refractivity contribution < 1.29 is 14.3 Å². The fourth-order valence-electron chi connectivity index (χ4n) is 2.48. The first kappa shape index (κ1) is 17.0. The second-order valence-corrected chi connectivity index (χ2v) is 8.18. The van der Waals surface area contributed by atoms with Crippen LogP contribution in [0.3, 0.4) is 0 Å². The maximum absolute atomic E-state index is 12.2. The Kier molecular flexibility index (Phi) is 5.27. The van der Waals surface area contributed by atoms with E-state index in [1.54, 1.807) is 18.9 Å². The van der Waals surface area contributed by atoms with Gasteiger partial charge in [0, 0.05) is 4.75 Å². The third-order valence-electron chi connectivity index (χ3n) is 3.71. The molecular formula is C17H25NO3S. The molecule has 22 heavy (non-hydrogen) atoms. The average molecular weight is 323 g/mol. The molecule has 1 aliphatic rings. The average Bonchev–Trinajstić information content (AvgIpc) is 2.80. The molecule has 1 aromatic carbocycles. The van der Waals surface area contributed by atoms with Gasteiger partial charge in [-0.3, -0.25) is 4.90 Å². The summed E-state index contributed by atoms with van der Waals surface area (Å²) in [5.74, 6) is 1.47. The highest BCUT2D eigenvalue weighted by atomic mass is 32.2. The molecule has 2 atom stereocenters. The van der Waals surface area contributed by atoms with E-state index in [0.29, 0.717) is 5.88 Å². The van der Waals surface area contributed by atoms with Gasteiger partial charge in [-0.1, -0.05) is 39.8 Å². The number of benzene rings is 1. The zero-order chi connectivity index (χ0) is 16.3. The number of hydrogen-bond donors (Lipinski definition) is 0. The molecule has 0 radical (unpaired) electrons. The minimum atomic E-state index is -0.218. The maximum atomic E-state index is 12.2. The SMILES string of the molecule is CC[C@@H]1[C@@H](c2ccc(OC)cc2)OC(=O)N1CSC(C)(C)C. The minimum absolute atomic E-state index is 0.0794. The Bertz CT molecular complexity index is 510. The molecule has 1 amide bonds. The fourth-order valence-corrected chi connectivity index (χ4v) is 3.31. The molecule has 0 saturated carbocycles. The molecule has 1 fully saturated rings. The molecule has 0 spiro atoms. The Balaban J connectivity index is 2.14. The number of carbonyl (C=O) groups excluding carboxylic acids is 1. The largest absolute Gasteiger partial charge is 0.497 e. The van der Waals surface area contributed by atoms with Crippen LogP contribution in [0.1, 0.15) is 45.8 Å². The van der Waals surface area contributed by atoms with E-state index in [-0.39, 0.29) is 23.0 Å². The van der Waals surface area contributed by atoms with Crippen molar-refractivity contribution in [1.29, 1.82) is 0 Å². The molecule has 1 aromatic rings. The highest BCUT2D eigenvalue weighted by Crippen LogP contribution is 2.37. The van der Waals surface area contributed by atoms with Gasteiger partial charge in [-0.05, 0) is 24.1 Å². The molecule has 0 N–H and O–H groups in total. The van der Waals surface area contributed by atoms with Crippen LogP contribution in [0.25, 0.3) is 0 Å². The van der Waals surface area contributed by atoms with Gasteiger partial charge >= 0.3 is 6.09 Å². The lowest BCUT2D eigenvalue weighted by atomic mass is 10.0. The predicted octanol–water partition coefficient (Wildman–Crippen LogP) is 4.46. The Hall–Kier alpha value is -1.36. The van der Waals surface area contributed by atoms with E-state index in [4.69, 9.17) is 9.47 Å². The smallest absolute Gasteiger partial charge is 0.411 e. The van der Waals surface area contributed by atoms with Crippen molar-refractivity contribution in [3.63, 3.8) is 0 Å². The van der Waals surface area contributed by atoms with Gasteiger partial charge in [0.05, 0.1) is 19.0 Å². The monoisotopic (exact) mass is 323 g/mol. The number of carbonyl (C=O) groups is 1. The second-order valence-electron chi connectivity index (χ2n) is 6.41. The summed E-state index contributed by atoms with van der Waals surface area (Å²) in [7, 11) is 1.64. The normalized spacial score (nSPS) is 21.9. The number of amides is 1. The minimum Gasteiger partial charge on any atom is -0.497 e. The maximum Gasteiger partial charge on any atom is 0.411 e. The summed E-state index contributed by atoms with van der Waals surface area (Å²) in [5.41, 5.74) is 1.02. The topological polar surface area (TPSA) is 38.8 Å². The number of methoxy groups -OCH3 is 1. The standard InChI is InChI=1S/C17H25NO3S/c1-6-14-15(12-7-9-13(20-5)10-8-12)21-16(19)18(14)11-22-17(2,3)4/h7-10,14-15H,6,11H2,1-5H3/t14-,15-/m1/s1. The van der Waals surface area contributed by atoms with E-state index in [1.165, 1.54) is 0 Å². The zero-order valence-corrected chi connectivity index (χ0v) is 14.8. The highest BCUT2D eigenvalue weighted by Gasteiger charge is 2.41. The molecule has 1 heterocycles. The van der Waals surface area contributed by atoms with Crippen LogP contribution in [0.15, 0.2) is 24.3 Å². The molecule has 4 nitrogen and oxygen atoms in total. The van der Waals surface area contributed by atoms with E-state index >= 15 is 0 Å². The summed E-state index contributed by atoms with van der Waals surface area (Å²) in [6.07, 6.45) is 0.445. The number of cyclic esters (lactones) is 1. The lowest BCUT2D eigenvalue weighted by molar-refractivity contribution is 0.130. The van der Waals surface area contributed by atoms with Crippen molar-refractivity contribution in [2.75, 3.05) is 13.0 Å². The van der Waals surface area contributed by atoms with Crippen LogP contribution in [-0.2, 0) is 4.74 Å². The number of hydrogen-bond acceptors (Lipinski definition) is 4. The summed E-state index contributed by atoms with van der Waals surface area (Å²) in [6, 6.07) is 7.83. The summed E-state index contributed by atoms with van der Waals surface area (Å²) in [5, 5.41) is 0. The molecule has 0 aliphatic carbocycles. The van der Waals surface area contributed by atoms with Crippen LogP contribution in [0.5, 0.6) is 5.75 Å². The van der Waals surface area contributed by atoms with Crippen molar-refractivity contribution in [3.8, 4) is 5.75 Å². The number of ether oxygens (including phenoxy) is 2. The Morgan fingerprint density at radius 1 is 1.27 bits per heavy atom. The quantitative estimate of drug-likeness (QED) is 0.802. The van der Waals surface area contributed by atoms with Crippen LogP contribution in [0, 0.1) is 0 Å². The third-order valence-corrected chi connectivity index (χ3v) is 4.98. The van der Waals surface area contributed by atoms with E-state index in [0.717, 1.165) is 17.7 Å². The van der Waals surface area contributed by atoms with Gasteiger partial charge in [-0.2, -0.15) is 0 Å². The first-order chi connectivity index (χ1) is 10.4. The molecular weight excluding hydrogens is 298 g/mol. The Morgan fingerprint density at radius 3 is 2.41 bits per heavy atom. The Morgan fingerprint density at radius 2 is 1.91 bits per heavy atom. The van der Waals surface area contributed by atoms with Crippen LogP contribution in [0.4, 0.5) is 4.79 Å². The lowest BCUT2D eigenvalue weighted by Crippen LogP contribution is -2.34. The third kappa shape index (κ3) is 3.88. The zero-order valence-electron chi connectivity index (χ0n) is 14.0. The van der Waals surface area contributed by atoms with Crippen LogP contribution in [-0.4, -0.2) is 34.8 Å². The molecule has 5 heteroatoms. The van der Waals surface area contributed by atoms with Gasteiger partial charge in [-0.15, -0.1) is 11.8 Å². The van der Waals surface area contributed by atoms with E-state index < -0.39 is 0 Å². The first-order valence-corrected chi connectivity index (χ1v) is 8.59. The summed E-state index contributed by atoms with van der Waals surface area (Å²) in [6.45, 7) is 8.56. The number of nitrogens with zero attached hydrogens (tertiary/aromatic N) is 1. The molecule has 122 valence electrons. The van der Waals surface area contributed by atoms with Crippen LogP contribution < -0.4 is 4.74 Å². The lowest BCUT2D eigenvalue weighted by Gasteiger charge is -2.26. The molecule has 0 unspecified atom stereocenters. The number of thioether (sulfide) groups is 1. The predicted molar refractivity (Wildman–Crippen MR) is 90.3 cm³/mol. The second kappa shape index (κ2) is 6.82. The van der Waals surface area contributed by atoms with Crippen molar-refractivity contribution in [1.82, 2.24) is 4.90 Å². The fraction of sp³-hybridized carbons (Fsp3) is 0.588. The van der Waals surface area contributed by atoms with Crippen molar-refractivity contribution in [2.24, 2.45) is 0 Å². The van der Waals surface area contributed by atoms with E-state index in [1.807, 2.05) is 29.2 Å². The summed E-state index contributed by atoms with van der Waals surface area (Å²) >= 11 is 1.76.